The standard InChI is InChI=1S/C17H22N2O3S/c1-12(2)17(4,11-18)19-15(20)9-22-16(21)10-23-14-8-6-5-7-13(14)3/h5-8,12H,9-10H2,1-4H3,(H,19,20)/t17-/m0/s1. The monoisotopic (exact) mass is 334 g/mol. The number of carbonyl (C=O) groups is 2. The van der Waals surface area contributed by atoms with Crippen molar-refractivity contribution in [2.45, 2.75) is 38.1 Å². The number of aryl methyl sites for hydroxylation is 1. The van der Waals surface area contributed by atoms with E-state index in [-0.39, 0.29) is 18.3 Å². The Hall–Kier alpha value is -2.00. The predicted octanol–water partition coefficient (Wildman–Crippen LogP) is 2.68. The van der Waals surface area contributed by atoms with Crippen LogP contribution in [0, 0.1) is 24.2 Å². The van der Waals surface area contributed by atoms with E-state index < -0.39 is 17.4 Å². The van der Waals surface area contributed by atoms with Crippen LogP contribution in [0.15, 0.2) is 29.2 Å². The van der Waals surface area contributed by atoms with E-state index in [1.807, 2.05) is 45.0 Å². The summed E-state index contributed by atoms with van der Waals surface area (Å²) in [6, 6.07) is 9.81. The van der Waals surface area contributed by atoms with Crippen LogP contribution in [-0.2, 0) is 14.3 Å². The van der Waals surface area contributed by atoms with Crippen molar-refractivity contribution in [1.82, 2.24) is 5.32 Å². The molecule has 0 aliphatic rings. The van der Waals surface area contributed by atoms with Gasteiger partial charge in [-0.15, -0.1) is 11.8 Å². The van der Waals surface area contributed by atoms with Crippen molar-refractivity contribution in [3.05, 3.63) is 29.8 Å². The minimum absolute atomic E-state index is 0.0521. The molecule has 1 atom stereocenters. The predicted molar refractivity (Wildman–Crippen MR) is 89.9 cm³/mol. The SMILES string of the molecule is Cc1ccccc1SCC(=O)OCC(=O)N[C@@](C)(C#N)C(C)C. The molecule has 1 N–H and O–H groups in total. The number of hydrogen-bond acceptors (Lipinski definition) is 5. The second kappa shape index (κ2) is 8.59. The van der Waals surface area contributed by atoms with Crippen LogP contribution in [0.2, 0.25) is 0 Å². The molecule has 0 saturated carbocycles. The molecule has 0 fully saturated rings. The van der Waals surface area contributed by atoms with Gasteiger partial charge in [0, 0.05) is 4.90 Å². The lowest BCUT2D eigenvalue weighted by atomic mass is 9.90. The molecule has 1 rings (SSSR count). The average Bonchev–Trinajstić information content (AvgIpc) is 2.51. The van der Waals surface area contributed by atoms with Crippen LogP contribution in [0.3, 0.4) is 0 Å². The number of nitriles is 1. The fourth-order valence-corrected chi connectivity index (χ4v) is 2.50. The van der Waals surface area contributed by atoms with Crippen LogP contribution < -0.4 is 5.32 Å². The molecule has 0 aromatic heterocycles. The Kier molecular flexibility index (Phi) is 7.11. The second-order valence-corrected chi connectivity index (χ2v) is 6.75. The van der Waals surface area contributed by atoms with Gasteiger partial charge in [-0.05, 0) is 31.4 Å². The van der Waals surface area contributed by atoms with Crippen molar-refractivity contribution in [3.63, 3.8) is 0 Å². The molecule has 0 aliphatic heterocycles. The molecule has 0 heterocycles. The first-order chi connectivity index (χ1) is 10.8. The van der Waals surface area contributed by atoms with E-state index in [2.05, 4.69) is 11.4 Å². The van der Waals surface area contributed by atoms with Crippen LogP contribution >= 0.6 is 11.8 Å². The number of hydrogen-bond donors (Lipinski definition) is 1. The molecule has 124 valence electrons. The molecule has 23 heavy (non-hydrogen) atoms. The highest BCUT2D eigenvalue weighted by Crippen LogP contribution is 2.21. The Morgan fingerprint density at radius 2 is 2.04 bits per heavy atom. The number of nitrogens with zero attached hydrogens (tertiary/aromatic N) is 1. The zero-order valence-electron chi connectivity index (χ0n) is 13.9. The number of ether oxygens (including phenoxy) is 1. The van der Waals surface area contributed by atoms with Gasteiger partial charge in [0.05, 0.1) is 11.8 Å². The van der Waals surface area contributed by atoms with E-state index in [1.54, 1.807) is 6.92 Å². The van der Waals surface area contributed by atoms with E-state index >= 15 is 0 Å². The molecule has 0 saturated heterocycles. The summed E-state index contributed by atoms with van der Waals surface area (Å²) in [5.74, 6) is -0.852. The number of benzene rings is 1. The molecular weight excluding hydrogens is 312 g/mol. The minimum atomic E-state index is -0.973. The third-order valence-corrected chi connectivity index (χ3v) is 4.74. The number of rotatable bonds is 7. The van der Waals surface area contributed by atoms with Gasteiger partial charge in [0.2, 0.25) is 0 Å². The van der Waals surface area contributed by atoms with E-state index in [0.717, 1.165) is 10.5 Å². The number of nitrogens with one attached hydrogen (secondary N) is 1. The smallest absolute Gasteiger partial charge is 0.316 e. The number of amides is 1. The summed E-state index contributed by atoms with van der Waals surface area (Å²) in [4.78, 5) is 24.5. The zero-order chi connectivity index (χ0) is 17.5. The Morgan fingerprint density at radius 3 is 2.61 bits per heavy atom. The second-order valence-electron chi connectivity index (χ2n) is 5.73. The number of thioether (sulfide) groups is 1. The highest BCUT2D eigenvalue weighted by molar-refractivity contribution is 8.00. The molecule has 1 aromatic rings. The first-order valence-corrected chi connectivity index (χ1v) is 8.33. The summed E-state index contributed by atoms with van der Waals surface area (Å²) in [6.07, 6.45) is 0. The lowest BCUT2D eigenvalue weighted by molar-refractivity contribution is -0.146. The largest absolute Gasteiger partial charge is 0.455 e. The summed E-state index contributed by atoms with van der Waals surface area (Å²) >= 11 is 1.37. The fourth-order valence-electron chi connectivity index (χ4n) is 1.67. The fraction of sp³-hybridized carbons (Fsp3) is 0.471. The van der Waals surface area contributed by atoms with Gasteiger partial charge in [-0.2, -0.15) is 5.26 Å². The van der Waals surface area contributed by atoms with Crippen molar-refractivity contribution in [2.24, 2.45) is 5.92 Å². The molecular formula is C17H22N2O3S. The number of carbonyl (C=O) groups excluding carboxylic acids is 2. The highest BCUT2D eigenvalue weighted by Gasteiger charge is 2.30. The van der Waals surface area contributed by atoms with Gasteiger partial charge in [-0.1, -0.05) is 32.0 Å². The Bertz CT molecular complexity index is 610. The first kappa shape index (κ1) is 19.0. The minimum Gasteiger partial charge on any atom is -0.455 e. The summed E-state index contributed by atoms with van der Waals surface area (Å²) in [7, 11) is 0. The quantitative estimate of drug-likeness (QED) is 0.612. The van der Waals surface area contributed by atoms with Crippen LogP contribution in [0.1, 0.15) is 26.3 Å². The number of esters is 1. The summed E-state index contributed by atoms with van der Waals surface area (Å²) < 4.78 is 4.95. The van der Waals surface area contributed by atoms with Crippen LogP contribution in [0.25, 0.3) is 0 Å². The first-order valence-electron chi connectivity index (χ1n) is 7.35. The van der Waals surface area contributed by atoms with Crippen molar-refractivity contribution < 1.29 is 14.3 Å². The Labute approximate surface area is 141 Å². The topological polar surface area (TPSA) is 79.2 Å². The summed E-state index contributed by atoms with van der Waals surface area (Å²) in [6.45, 7) is 6.92. The Morgan fingerprint density at radius 1 is 1.39 bits per heavy atom. The van der Waals surface area contributed by atoms with Crippen molar-refractivity contribution in [2.75, 3.05) is 12.4 Å². The normalized spacial score (nSPS) is 13.0. The molecule has 0 radical (unpaired) electrons. The van der Waals surface area contributed by atoms with Crippen LogP contribution in [-0.4, -0.2) is 29.8 Å². The molecule has 0 bridgehead atoms. The van der Waals surface area contributed by atoms with E-state index in [9.17, 15) is 9.59 Å². The van der Waals surface area contributed by atoms with Crippen LogP contribution in [0.4, 0.5) is 0 Å². The van der Waals surface area contributed by atoms with Gasteiger partial charge in [0.15, 0.2) is 6.61 Å². The van der Waals surface area contributed by atoms with E-state index in [4.69, 9.17) is 10.00 Å². The third kappa shape index (κ3) is 5.95. The van der Waals surface area contributed by atoms with Gasteiger partial charge < -0.3 is 10.1 Å². The highest BCUT2D eigenvalue weighted by atomic mass is 32.2. The maximum atomic E-state index is 11.8. The lowest BCUT2D eigenvalue weighted by Crippen LogP contribution is -2.50. The molecule has 0 spiro atoms. The molecule has 1 amide bonds. The maximum absolute atomic E-state index is 11.8. The molecule has 0 aliphatic carbocycles. The van der Waals surface area contributed by atoms with Crippen LogP contribution in [0.5, 0.6) is 0 Å². The van der Waals surface area contributed by atoms with Gasteiger partial charge in [0.1, 0.15) is 5.54 Å². The maximum Gasteiger partial charge on any atom is 0.316 e. The van der Waals surface area contributed by atoms with Gasteiger partial charge in [-0.25, -0.2) is 0 Å². The van der Waals surface area contributed by atoms with Gasteiger partial charge in [-0.3, -0.25) is 9.59 Å². The molecule has 0 unspecified atom stereocenters. The lowest BCUT2D eigenvalue weighted by Gasteiger charge is -2.27. The summed E-state index contributed by atoms with van der Waals surface area (Å²) in [5.41, 5.74) is 0.115. The summed E-state index contributed by atoms with van der Waals surface area (Å²) in [5, 5.41) is 11.7. The molecule has 6 heteroatoms. The average molecular weight is 334 g/mol. The van der Waals surface area contributed by atoms with Crippen molar-refractivity contribution >= 4 is 23.6 Å². The van der Waals surface area contributed by atoms with Crippen molar-refractivity contribution in [3.8, 4) is 6.07 Å². The van der Waals surface area contributed by atoms with Gasteiger partial charge >= 0.3 is 5.97 Å². The zero-order valence-corrected chi connectivity index (χ0v) is 14.7. The Balaban J connectivity index is 2.40. The van der Waals surface area contributed by atoms with E-state index in [0.29, 0.717) is 0 Å². The molecule has 1 aromatic carbocycles. The third-order valence-electron chi connectivity index (χ3n) is 3.59. The van der Waals surface area contributed by atoms with Gasteiger partial charge in [0.25, 0.3) is 5.91 Å². The van der Waals surface area contributed by atoms with E-state index in [1.165, 1.54) is 11.8 Å². The van der Waals surface area contributed by atoms with Crippen molar-refractivity contribution in [1.29, 1.82) is 5.26 Å². The molecule has 5 nitrogen and oxygen atoms in total.